The lowest BCUT2D eigenvalue weighted by molar-refractivity contribution is -0.501. The quantitative estimate of drug-likeness (QED) is 0.343. The van der Waals surface area contributed by atoms with Gasteiger partial charge in [-0.3, -0.25) is 19.7 Å². The highest BCUT2D eigenvalue weighted by atomic mass is 16.6. The molecule has 2 rings (SSSR count). The van der Waals surface area contributed by atoms with Gasteiger partial charge in [0.15, 0.2) is 0 Å². The molecule has 0 aliphatic heterocycles. The predicted molar refractivity (Wildman–Crippen MR) is 80.4 cm³/mol. The number of nitrogens with zero attached hydrogens (tertiary/aromatic N) is 1. The maximum atomic E-state index is 12.4. The fourth-order valence-electron chi connectivity index (χ4n) is 2.96. The average molecular weight is 321 g/mol. The number of carbonyl (C=O) groups is 2. The van der Waals surface area contributed by atoms with Crippen LogP contribution in [0.5, 0.6) is 0 Å². The molecule has 1 aromatic carbocycles. The van der Waals surface area contributed by atoms with Crippen molar-refractivity contribution in [2.24, 2.45) is 5.41 Å². The Balaban J connectivity index is 2.49. The highest BCUT2D eigenvalue weighted by Gasteiger charge is 2.85. The Hall–Kier alpha value is -2.44. The summed E-state index contributed by atoms with van der Waals surface area (Å²) >= 11 is 0. The van der Waals surface area contributed by atoms with Crippen molar-refractivity contribution in [3.63, 3.8) is 0 Å². The van der Waals surface area contributed by atoms with Gasteiger partial charge in [0, 0.05) is 4.92 Å². The van der Waals surface area contributed by atoms with Gasteiger partial charge in [-0.1, -0.05) is 29.8 Å². The van der Waals surface area contributed by atoms with Gasteiger partial charge in [-0.2, -0.15) is 0 Å². The van der Waals surface area contributed by atoms with Crippen LogP contribution in [0.3, 0.4) is 0 Å². The summed E-state index contributed by atoms with van der Waals surface area (Å²) in [4.78, 5) is 35.6. The Morgan fingerprint density at radius 1 is 1.13 bits per heavy atom. The molecule has 1 aliphatic rings. The number of hydrogen-bond donors (Lipinski definition) is 0. The zero-order valence-corrected chi connectivity index (χ0v) is 13.3. The number of rotatable bonds is 6. The van der Waals surface area contributed by atoms with E-state index in [2.05, 4.69) is 0 Å². The first-order valence-electron chi connectivity index (χ1n) is 7.45. The third kappa shape index (κ3) is 2.67. The van der Waals surface area contributed by atoms with Crippen LogP contribution < -0.4 is 0 Å². The zero-order valence-electron chi connectivity index (χ0n) is 13.3. The predicted octanol–water partition coefficient (Wildman–Crippen LogP) is 1.85. The van der Waals surface area contributed by atoms with Crippen LogP contribution in [0.1, 0.15) is 30.9 Å². The molecule has 0 amide bonds. The van der Waals surface area contributed by atoms with Crippen LogP contribution in [-0.4, -0.2) is 36.1 Å². The molecule has 1 fully saturated rings. The molecule has 0 saturated heterocycles. The third-order valence-electron chi connectivity index (χ3n) is 4.05. The molecule has 0 N–H and O–H groups in total. The summed E-state index contributed by atoms with van der Waals surface area (Å²) in [6.45, 7) is 5.12. The summed E-state index contributed by atoms with van der Waals surface area (Å²) in [6, 6.07) is 5.58. The summed E-state index contributed by atoms with van der Waals surface area (Å²) in [5.41, 5.74) is -0.367. The van der Waals surface area contributed by atoms with Gasteiger partial charge in [0.05, 0.1) is 19.1 Å². The molecule has 2 atom stereocenters. The van der Waals surface area contributed by atoms with Crippen molar-refractivity contribution in [3.05, 3.63) is 45.5 Å². The molecular weight excluding hydrogens is 302 g/mol. The molecule has 7 heteroatoms. The fourth-order valence-corrected chi connectivity index (χ4v) is 2.96. The van der Waals surface area contributed by atoms with Gasteiger partial charge in [0.2, 0.25) is 11.5 Å². The van der Waals surface area contributed by atoms with E-state index in [0.717, 1.165) is 5.56 Å². The molecular formula is C16H19NO6. The Kier molecular flexibility index (Phi) is 4.68. The highest BCUT2D eigenvalue weighted by molar-refractivity contribution is 6.06. The van der Waals surface area contributed by atoms with Crippen LogP contribution in [0.25, 0.3) is 0 Å². The molecule has 0 aromatic heterocycles. The first-order chi connectivity index (χ1) is 10.9. The maximum Gasteiger partial charge on any atom is 0.331 e. The van der Waals surface area contributed by atoms with Gasteiger partial charge in [0.25, 0.3) is 0 Å². The van der Waals surface area contributed by atoms with E-state index in [9.17, 15) is 19.7 Å². The van der Waals surface area contributed by atoms with Crippen LogP contribution in [0.15, 0.2) is 24.3 Å². The maximum absolute atomic E-state index is 12.4. The van der Waals surface area contributed by atoms with Gasteiger partial charge in [-0.05, 0) is 26.3 Å². The number of nitro groups is 1. The molecule has 0 radical (unpaired) electrons. The lowest BCUT2D eigenvalue weighted by atomic mass is 9.98. The highest BCUT2D eigenvalue weighted by Crippen LogP contribution is 2.62. The lowest BCUT2D eigenvalue weighted by Crippen LogP contribution is -2.35. The van der Waals surface area contributed by atoms with Crippen LogP contribution in [0, 0.1) is 22.5 Å². The SMILES string of the molecule is CCOC(=O)C1(C(=O)OCC)C(c2ccc(C)cc2)C1[N+](=O)[O-]. The largest absolute Gasteiger partial charge is 0.465 e. The van der Waals surface area contributed by atoms with Crippen LogP contribution >= 0.6 is 0 Å². The normalized spacial score (nSPS) is 21.3. The van der Waals surface area contributed by atoms with Crippen molar-refractivity contribution in [3.8, 4) is 0 Å². The molecule has 0 heterocycles. The van der Waals surface area contributed by atoms with E-state index in [1.54, 1.807) is 38.1 Å². The summed E-state index contributed by atoms with van der Waals surface area (Å²) in [5.74, 6) is -2.67. The molecule has 23 heavy (non-hydrogen) atoms. The number of hydrogen-bond acceptors (Lipinski definition) is 6. The summed E-state index contributed by atoms with van der Waals surface area (Å²) in [5, 5.41) is 11.4. The van der Waals surface area contributed by atoms with Crippen molar-refractivity contribution in [1.82, 2.24) is 0 Å². The smallest absolute Gasteiger partial charge is 0.331 e. The molecule has 0 bridgehead atoms. The summed E-state index contributed by atoms with van der Waals surface area (Å²) in [7, 11) is 0. The standard InChI is InChI=1S/C16H19NO6/c1-4-22-14(18)16(15(19)23-5-2)12(13(16)17(20)21)11-8-6-10(3)7-9-11/h6-9,12-13H,4-5H2,1-3H3. The molecule has 7 nitrogen and oxygen atoms in total. The molecule has 1 aromatic rings. The van der Waals surface area contributed by atoms with Crippen LogP contribution in [0.4, 0.5) is 0 Å². The van der Waals surface area contributed by atoms with Gasteiger partial charge >= 0.3 is 11.9 Å². The van der Waals surface area contributed by atoms with Crippen molar-refractivity contribution >= 4 is 11.9 Å². The number of carbonyl (C=O) groups excluding carboxylic acids is 2. The Morgan fingerprint density at radius 3 is 2.00 bits per heavy atom. The first kappa shape index (κ1) is 16.9. The first-order valence-corrected chi connectivity index (χ1v) is 7.45. The molecule has 1 saturated carbocycles. The second kappa shape index (κ2) is 6.36. The van der Waals surface area contributed by atoms with Crippen LogP contribution in [-0.2, 0) is 19.1 Å². The minimum absolute atomic E-state index is 0.0328. The van der Waals surface area contributed by atoms with E-state index in [0.29, 0.717) is 5.56 Å². The second-order valence-electron chi connectivity index (χ2n) is 5.43. The average Bonchev–Trinajstić information content (AvgIpc) is 3.20. The zero-order chi connectivity index (χ0) is 17.2. The van der Waals surface area contributed by atoms with Crippen molar-refractivity contribution in [2.45, 2.75) is 32.7 Å². The van der Waals surface area contributed by atoms with Gasteiger partial charge in [-0.15, -0.1) is 0 Å². The summed E-state index contributed by atoms with van der Waals surface area (Å²) in [6.07, 6.45) is 0. The Labute approximate surface area is 133 Å². The van der Waals surface area contributed by atoms with E-state index in [4.69, 9.17) is 9.47 Å². The monoisotopic (exact) mass is 321 g/mol. The van der Waals surface area contributed by atoms with E-state index >= 15 is 0 Å². The number of ether oxygens (including phenoxy) is 2. The van der Waals surface area contributed by atoms with E-state index in [-0.39, 0.29) is 13.2 Å². The number of esters is 2. The second-order valence-corrected chi connectivity index (χ2v) is 5.43. The van der Waals surface area contributed by atoms with Gasteiger partial charge < -0.3 is 9.47 Å². The van der Waals surface area contributed by atoms with Gasteiger partial charge in [0.1, 0.15) is 0 Å². The molecule has 124 valence electrons. The number of benzene rings is 1. The Morgan fingerprint density at radius 2 is 1.61 bits per heavy atom. The summed E-state index contributed by atoms with van der Waals surface area (Å²) < 4.78 is 9.90. The minimum Gasteiger partial charge on any atom is -0.465 e. The Bertz CT molecular complexity index is 606. The van der Waals surface area contributed by atoms with E-state index in [1.165, 1.54) is 0 Å². The fraction of sp³-hybridized carbons (Fsp3) is 0.500. The molecule has 2 unspecified atom stereocenters. The minimum atomic E-state index is -1.90. The van der Waals surface area contributed by atoms with Gasteiger partial charge in [-0.25, -0.2) is 0 Å². The number of aryl methyl sites for hydroxylation is 1. The third-order valence-corrected chi connectivity index (χ3v) is 4.05. The van der Waals surface area contributed by atoms with E-state index < -0.39 is 34.2 Å². The lowest BCUT2D eigenvalue weighted by Gasteiger charge is -2.13. The van der Waals surface area contributed by atoms with E-state index in [1.807, 2.05) is 6.92 Å². The topological polar surface area (TPSA) is 95.7 Å². The van der Waals surface area contributed by atoms with Crippen molar-refractivity contribution in [1.29, 1.82) is 0 Å². The van der Waals surface area contributed by atoms with Crippen molar-refractivity contribution in [2.75, 3.05) is 13.2 Å². The molecule has 1 aliphatic carbocycles. The van der Waals surface area contributed by atoms with Crippen molar-refractivity contribution < 1.29 is 24.0 Å². The van der Waals surface area contributed by atoms with Crippen LogP contribution in [0.2, 0.25) is 0 Å². The molecule has 0 spiro atoms.